The molecule has 0 aliphatic heterocycles. The van der Waals surface area contributed by atoms with Gasteiger partial charge in [-0.3, -0.25) is 14.4 Å². The standard InChI is InChI=1S/C12H10N2O6S3/c15-7(16)4-5(10(17)18)8(11(19)20)22-12-14-13-9(23-12)6-2-1-3-21-6/h1-3,5,8H,4H2,(H,15,16)(H,17,18)(H,19,20). The van der Waals surface area contributed by atoms with Gasteiger partial charge in [-0.15, -0.1) is 21.5 Å². The summed E-state index contributed by atoms with van der Waals surface area (Å²) in [5.41, 5.74) is 0. The Kier molecular flexibility index (Phi) is 5.69. The number of nitrogens with zero attached hydrogens (tertiary/aromatic N) is 2. The molecule has 0 aliphatic carbocycles. The van der Waals surface area contributed by atoms with Crippen molar-refractivity contribution in [3.05, 3.63) is 17.5 Å². The summed E-state index contributed by atoms with van der Waals surface area (Å²) in [5, 5.41) is 35.9. The number of carboxylic acid groups (broad SMARTS) is 3. The number of aromatic nitrogens is 2. The van der Waals surface area contributed by atoms with Crippen LogP contribution in [0.25, 0.3) is 9.88 Å². The van der Waals surface area contributed by atoms with Gasteiger partial charge in [-0.25, -0.2) is 0 Å². The molecule has 0 aromatic carbocycles. The Morgan fingerprint density at radius 3 is 2.43 bits per heavy atom. The number of thioether (sulfide) groups is 1. The van der Waals surface area contributed by atoms with E-state index in [0.29, 0.717) is 16.8 Å². The molecular formula is C12H10N2O6S3. The lowest BCUT2D eigenvalue weighted by molar-refractivity contribution is -0.151. The maximum atomic E-state index is 11.3. The second kappa shape index (κ2) is 7.53. The second-order valence-electron chi connectivity index (χ2n) is 4.27. The smallest absolute Gasteiger partial charge is 0.317 e. The lowest BCUT2D eigenvalue weighted by Crippen LogP contribution is -2.34. The first kappa shape index (κ1) is 17.4. The summed E-state index contributed by atoms with van der Waals surface area (Å²) in [6.45, 7) is 0. The van der Waals surface area contributed by atoms with Crippen LogP contribution in [0.5, 0.6) is 0 Å². The Morgan fingerprint density at radius 1 is 1.17 bits per heavy atom. The van der Waals surface area contributed by atoms with Gasteiger partial charge in [-0.2, -0.15) is 0 Å². The Hall–Kier alpha value is -1.98. The molecule has 2 aromatic heterocycles. The minimum absolute atomic E-state index is 0.275. The third-order valence-electron chi connectivity index (χ3n) is 2.69. The first-order valence-corrected chi connectivity index (χ1v) is 8.67. The Labute approximate surface area is 141 Å². The highest BCUT2D eigenvalue weighted by molar-refractivity contribution is 8.02. The van der Waals surface area contributed by atoms with Gasteiger partial charge in [0.05, 0.1) is 17.2 Å². The zero-order valence-corrected chi connectivity index (χ0v) is 13.7. The summed E-state index contributed by atoms with van der Waals surface area (Å²) in [5.74, 6) is -5.82. The zero-order chi connectivity index (χ0) is 17.0. The fraction of sp³-hybridized carbons (Fsp3) is 0.250. The molecule has 2 heterocycles. The predicted octanol–water partition coefficient (Wildman–Crippen LogP) is 1.99. The highest BCUT2D eigenvalue weighted by Crippen LogP contribution is 2.36. The molecule has 23 heavy (non-hydrogen) atoms. The molecule has 0 saturated carbocycles. The van der Waals surface area contributed by atoms with E-state index in [4.69, 9.17) is 10.2 Å². The molecular weight excluding hydrogens is 364 g/mol. The van der Waals surface area contributed by atoms with E-state index < -0.39 is 35.5 Å². The second-order valence-corrected chi connectivity index (χ2v) is 7.58. The minimum atomic E-state index is -1.57. The van der Waals surface area contributed by atoms with E-state index >= 15 is 0 Å². The summed E-state index contributed by atoms with van der Waals surface area (Å²) in [7, 11) is 0. The highest BCUT2D eigenvalue weighted by atomic mass is 32.2. The summed E-state index contributed by atoms with van der Waals surface area (Å²) < 4.78 is 0.275. The quantitative estimate of drug-likeness (QED) is 0.592. The van der Waals surface area contributed by atoms with Crippen molar-refractivity contribution in [3.63, 3.8) is 0 Å². The molecule has 2 aromatic rings. The van der Waals surface area contributed by atoms with E-state index in [9.17, 15) is 19.5 Å². The van der Waals surface area contributed by atoms with E-state index in [0.717, 1.165) is 16.2 Å². The van der Waals surface area contributed by atoms with Gasteiger partial charge in [-0.1, -0.05) is 29.2 Å². The third kappa shape index (κ3) is 4.50. The maximum Gasteiger partial charge on any atom is 0.317 e. The van der Waals surface area contributed by atoms with Crippen LogP contribution in [-0.4, -0.2) is 48.7 Å². The van der Waals surface area contributed by atoms with Crippen molar-refractivity contribution < 1.29 is 29.7 Å². The number of rotatable bonds is 8. The minimum Gasteiger partial charge on any atom is -0.481 e. The lowest BCUT2D eigenvalue weighted by atomic mass is 10.0. The fourth-order valence-electron chi connectivity index (χ4n) is 1.68. The molecule has 8 nitrogen and oxygen atoms in total. The van der Waals surface area contributed by atoms with Crippen molar-refractivity contribution in [3.8, 4) is 9.88 Å². The average Bonchev–Trinajstić information content (AvgIpc) is 3.12. The van der Waals surface area contributed by atoms with Crippen LogP contribution in [0.1, 0.15) is 6.42 Å². The molecule has 3 N–H and O–H groups in total. The molecule has 2 rings (SSSR count). The zero-order valence-electron chi connectivity index (χ0n) is 11.3. The Bertz CT molecular complexity index is 714. The molecule has 0 saturated heterocycles. The normalized spacial score (nSPS) is 13.4. The molecule has 0 aliphatic rings. The number of hydrogen-bond acceptors (Lipinski definition) is 8. The van der Waals surface area contributed by atoms with Crippen LogP contribution < -0.4 is 0 Å². The number of carbonyl (C=O) groups is 3. The number of hydrogen-bond donors (Lipinski definition) is 3. The Balaban J connectivity index is 2.20. The molecule has 0 fully saturated rings. The van der Waals surface area contributed by atoms with Gasteiger partial charge in [0.1, 0.15) is 5.25 Å². The lowest BCUT2D eigenvalue weighted by Gasteiger charge is -2.16. The number of carboxylic acids is 3. The molecule has 2 unspecified atom stereocenters. The Morgan fingerprint density at radius 2 is 1.91 bits per heavy atom. The molecule has 122 valence electrons. The summed E-state index contributed by atoms with van der Waals surface area (Å²) >= 11 is 3.28. The van der Waals surface area contributed by atoms with Crippen LogP contribution in [-0.2, 0) is 14.4 Å². The van der Waals surface area contributed by atoms with Crippen molar-refractivity contribution >= 4 is 52.3 Å². The van der Waals surface area contributed by atoms with Crippen LogP contribution in [0.2, 0.25) is 0 Å². The van der Waals surface area contributed by atoms with E-state index in [1.54, 1.807) is 0 Å². The van der Waals surface area contributed by atoms with E-state index in [-0.39, 0.29) is 4.34 Å². The molecule has 2 atom stereocenters. The van der Waals surface area contributed by atoms with Gasteiger partial charge in [-0.05, 0) is 11.4 Å². The third-order valence-corrected chi connectivity index (χ3v) is 6.05. The van der Waals surface area contributed by atoms with Gasteiger partial charge >= 0.3 is 17.9 Å². The van der Waals surface area contributed by atoms with Gasteiger partial charge < -0.3 is 15.3 Å². The van der Waals surface area contributed by atoms with E-state index in [1.165, 1.54) is 11.3 Å². The van der Waals surface area contributed by atoms with Crippen LogP contribution in [0, 0.1) is 5.92 Å². The van der Waals surface area contributed by atoms with Crippen LogP contribution in [0.3, 0.4) is 0 Å². The van der Waals surface area contributed by atoms with Gasteiger partial charge in [0, 0.05) is 0 Å². The highest BCUT2D eigenvalue weighted by Gasteiger charge is 2.37. The summed E-state index contributed by atoms with van der Waals surface area (Å²) in [6.07, 6.45) is -0.782. The topological polar surface area (TPSA) is 138 Å². The van der Waals surface area contributed by atoms with Crippen molar-refractivity contribution in [2.75, 3.05) is 0 Å². The maximum absolute atomic E-state index is 11.3. The number of aliphatic carboxylic acids is 3. The predicted molar refractivity (Wildman–Crippen MR) is 83.9 cm³/mol. The van der Waals surface area contributed by atoms with Crippen LogP contribution >= 0.6 is 34.4 Å². The fourth-order valence-corrected chi connectivity index (χ4v) is 4.57. The van der Waals surface area contributed by atoms with Crippen LogP contribution in [0.15, 0.2) is 21.9 Å². The van der Waals surface area contributed by atoms with Crippen molar-refractivity contribution in [1.29, 1.82) is 0 Å². The van der Waals surface area contributed by atoms with E-state index in [2.05, 4.69) is 10.2 Å². The van der Waals surface area contributed by atoms with Gasteiger partial charge in [0.15, 0.2) is 9.35 Å². The van der Waals surface area contributed by atoms with Crippen LogP contribution in [0.4, 0.5) is 0 Å². The largest absolute Gasteiger partial charge is 0.481 e. The van der Waals surface area contributed by atoms with Gasteiger partial charge in [0.2, 0.25) is 0 Å². The summed E-state index contributed by atoms with van der Waals surface area (Å²) in [4.78, 5) is 34.2. The van der Waals surface area contributed by atoms with E-state index in [1.807, 2.05) is 17.5 Å². The molecule has 0 radical (unpaired) electrons. The first-order chi connectivity index (χ1) is 10.9. The summed E-state index contributed by atoms with van der Waals surface area (Å²) in [6, 6.07) is 3.67. The van der Waals surface area contributed by atoms with Crippen molar-refractivity contribution in [1.82, 2.24) is 10.2 Å². The average molecular weight is 374 g/mol. The van der Waals surface area contributed by atoms with Gasteiger partial charge in [0.25, 0.3) is 0 Å². The number of thiophene rings is 1. The first-order valence-electron chi connectivity index (χ1n) is 6.10. The molecule has 0 bridgehead atoms. The monoisotopic (exact) mass is 374 g/mol. The molecule has 0 spiro atoms. The van der Waals surface area contributed by atoms with Crippen molar-refractivity contribution in [2.24, 2.45) is 5.92 Å². The molecule has 11 heteroatoms. The van der Waals surface area contributed by atoms with Crippen molar-refractivity contribution in [2.45, 2.75) is 16.0 Å². The SMILES string of the molecule is O=C(O)CC(C(=O)O)C(Sc1nnc(-c2cccs2)s1)C(=O)O. The molecule has 0 amide bonds.